The first kappa shape index (κ1) is 11.1. The summed E-state index contributed by atoms with van der Waals surface area (Å²) < 4.78 is 1.93. The molecule has 0 spiro atoms. The molecule has 0 aliphatic carbocycles. The number of tetrazole rings is 1. The molecule has 0 atom stereocenters. The van der Waals surface area contributed by atoms with Crippen molar-refractivity contribution in [2.24, 2.45) is 0 Å². The van der Waals surface area contributed by atoms with Crippen LogP contribution in [0, 0.1) is 0 Å². The van der Waals surface area contributed by atoms with E-state index in [2.05, 4.69) is 41.6 Å². The molecule has 1 rings (SSSR count). The highest BCUT2D eigenvalue weighted by molar-refractivity contribution is 4.89. The van der Waals surface area contributed by atoms with Gasteiger partial charge in [0.15, 0.2) is 5.82 Å². The Balaban J connectivity index is 2.97. The molecule has 0 amide bonds. The van der Waals surface area contributed by atoms with Crippen LogP contribution >= 0.6 is 0 Å². The minimum absolute atomic E-state index is 0.0374. The summed E-state index contributed by atoms with van der Waals surface area (Å²) in [4.78, 5) is 0. The SMILES string of the molecule is CCC(C)(CC)n1nnnc1CNC. The molecule has 80 valence electrons. The summed E-state index contributed by atoms with van der Waals surface area (Å²) in [6.07, 6.45) is 2.07. The lowest BCUT2D eigenvalue weighted by atomic mass is 9.96. The quantitative estimate of drug-likeness (QED) is 0.763. The van der Waals surface area contributed by atoms with E-state index in [0.717, 1.165) is 18.7 Å². The van der Waals surface area contributed by atoms with Crippen LogP contribution in [0.5, 0.6) is 0 Å². The maximum Gasteiger partial charge on any atom is 0.165 e. The summed E-state index contributed by atoms with van der Waals surface area (Å²) >= 11 is 0. The number of nitrogens with zero attached hydrogens (tertiary/aromatic N) is 4. The number of rotatable bonds is 5. The standard InChI is InChI=1S/C9H19N5/c1-5-9(3,6-2)14-8(7-10-4)11-12-13-14/h10H,5-7H2,1-4H3. The summed E-state index contributed by atoms with van der Waals surface area (Å²) in [6.45, 7) is 7.22. The second kappa shape index (κ2) is 4.50. The molecule has 0 saturated carbocycles. The smallest absolute Gasteiger partial charge is 0.165 e. The minimum atomic E-state index is 0.0374. The van der Waals surface area contributed by atoms with Crippen LogP contribution in [0.3, 0.4) is 0 Å². The highest BCUT2D eigenvalue weighted by atomic mass is 15.6. The fraction of sp³-hybridized carbons (Fsp3) is 0.889. The number of nitrogens with one attached hydrogen (secondary N) is 1. The van der Waals surface area contributed by atoms with Crippen molar-refractivity contribution >= 4 is 0 Å². The number of hydrogen-bond donors (Lipinski definition) is 1. The Hall–Kier alpha value is -0.970. The second-order valence-electron chi connectivity index (χ2n) is 3.74. The zero-order valence-electron chi connectivity index (χ0n) is 9.41. The zero-order chi connectivity index (χ0) is 10.6. The molecule has 0 aromatic carbocycles. The van der Waals surface area contributed by atoms with E-state index in [4.69, 9.17) is 0 Å². The summed E-state index contributed by atoms with van der Waals surface area (Å²) in [6, 6.07) is 0. The monoisotopic (exact) mass is 197 g/mol. The van der Waals surface area contributed by atoms with Gasteiger partial charge in [-0.15, -0.1) is 5.10 Å². The van der Waals surface area contributed by atoms with E-state index >= 15 is 0 Å². The van der Waals surface area contributed by atoms with E-state index in [1.54, 1.807) is 0 Å². The lowest BCUT2D eigenvalue weighted by Crippen LogP contribution is -2.32. The van der Waals surface area contributed by atoms with Crippen molar-refractivity contribution in [1.82, 2.24) is 25.5 Å². The zero-order valence-corrected chi connectivity index (χ0v) is 9.41. The fourth-order valence-electron chi connectivity index (χ4n) is 1.44. The van der Waals surface area contributed by atoms with Gasteiger partial charge in [-0.05, 0) is 37.2 Å². The summed E-state index contributed by atoms with van der Waals surface area (Å²) in [7, 11) is 1.90. The Labute approximate surface area is 84.9 Å². The second-order valence-corrected chi connectivity index (χ2v) is 3.74. The summed E-state index contributed by atoms with van der Waals surface area (Å²) in [5.74, 6) is 0.902. The molecule has 5 nitrogen and oxygen atoms in total. The molecular formula is C9H19N5. The van der Waals surface area contributed by atoms with Crippen LogP contribution < -0.4 is 5.32 Å². The van der Waals surface area contributed by atoms with Gasteiger partial charge in [0, 0.05) is 0 Å². The van der Waals surface area contributed by atoms with Gasteiger partial charge in [0.25, 0.3) is 0 Å². The normalized spacial score (nSPS) is 12.0. The largest absolute Gasteiger partial charge is 0.313 e. The van der Waals surface area contributed by atoms with Crippen molar-refractivity contribution in [3.63, 3.8) is 0 Å². The molecule has 14 heavy (non-hydrogen) atoms. The van der Waals surface area contributed by atoms with Crippen LogP contribution in [0.15, 0.2) is 0 Å². The molecule has 0 saturated heterocycles. The first-order chi connectivity index (χ1) is 6.68. The van der Waals surface area contributed by atoms with Gasteiger partial charge in [0.1, 0.15) is 0 Å². The minimum Gasteiger partial charge on any atom is -0.313 e. The highest BCUT2D eigenvalue weighted by Gasteiger charge is 2.26. The molecule has 5 heteroatoms. The Morgan fingerprint density at radius 3 is 2.50 bits per heavy atom. The lowest BCUT2D eigenvalue weighted by molar-refractivity contribution is 0.250. The Bertz CT molecular complexity index is 276. The Morgan fingerprint density at radius 1 is 1.36 bits per heavy atom. The van der Waals surface area contributed by atoms with Gasteiger partial charge in [-0.3, -0.25) is 0 Å². The summed E-state index contributed by atoms with van der Waals surface area (Å²) in [5.41, 5.74) is 0.0374. The van der Waals surface area contributed by atoms with E-state index in [1.165, 1.54) is 0 Å². The first-order valence-electron chi connectivity index (χ1n) is 5.10. The maximum absolute atomic E-state index is 4.06. The fourth-order valence-corrected chi connectivity index (χ4v) is 1.44. The van der Waals surface area contributed by atoms with E-state index < -0.39 is 0 Å². The first-order valence-corrected chi connectivity index (χ1v) is 5.10. The van der Waals surface area contributed by atoms with E-state index in [9.17, 15) is 0 Å². The topological polar surface area (TPSA) is 55.6 Å². The third kappa shape index (κ3) is 1.92. The third-order valence-corrected chi connectivity index (χ3v) is 2.90. The molecule has 0 unspecified atom stereocenters. The molecule has 1 N–H and O–H groups in total. The Morgan fingerprint density at radius 2 is 2.00 bits per heavy atom. The molecular weight excluding hydrogens is 178 g/mol. The predicted molar refractivity (Wildman–Crippen MR) is 54.8 cm³/mol. The summed E-state index contributed by atoms with van der Waals surface area (Å²) in [5, 5.41) is 14.9. The van der Waals surface area contributed by atoms with Crippen molar-refractivity contribution < 1.29 is 0 Å². The van der Waals surface area contributed by atoms with Crippen LogP contribution in [0.25, 0.3) is 0 Å². The lowest BCUT2D eigenvalue weighted by Gasteiger charge is -2.27. The van der Waals surface area contributed by atoms with Crippen molar-refractivity contribution in [1.29, 1.82) is 0 Å². The maximum atomic E-state index is 4.06. The molecule has 1 heterocycles. The van der Waals surface area contributed by atoms with Gasteiger partial charge in [-0.1, -0.05) is 13.8 Å². The van der Waals surface area contributed by atoms with Gasteiger partial charge in [0.05, 0.1) is 12.1 Å². The molecule has 1 aromatic rings. The van der Waals surface area contributed by atoms with Gasteiger partial charge in [-0.2, -0.15) is 0 Å². The predicted octanol–water partition coefficient (Wildman–Crippen LogP) is 0.928. The van der Waals surface area contributed by atoms with Crippen molar-refractivity contribution in [2.75, 3.05) is 7.05 Å². The van der Waals surface area contributed by atoms with Gasteiger partial charge >= 0.3 is 0 Å². The van der Waals surface area contributed by atoms with Crippen LogP contribution in [-0.2, 0) is 12.1 Å². The van der Waals surface area contributed by atoms with Crippen LogP contribution in [0.2, 0.25) is 0 Å². The van der Waals surface area contributed by atoms with Crippen LogP contribution in [-0.4, -0.2) is 27.3 Å². The number of hydrogen-bond acceptors (Lipinski definition) is 4. The van der Waals surface area contributed by atoms with Gasteiger partial charge in [-0.25, -0.2) is 4.68 Å². The Kier molecular flexibility index (Phi) is 3.57. The van der Waals surface area contributed by atoms with Crippen molar-refractivity contribution in [3.8, 4) is 0 Å². The third-order valence-electron chi connectivity index (χ3n) is 2.90. The molecule has 0 fully saturated rings. The van der Waals surface area contributed by atoms with Gasteiger partial charge < -0.3 is 5.32 Å². The van der Waals surface area contributed by atoms with Gasteiger partial charge in [0.2, 0.25) is 0 Å². The highest BCUT2D eigenvalue weighted by Crippen LogP contribution is 2.23. The average Bonchev–Trinajstić information content (AvgIpc) is 2.66. The molecule has 0 radical (unpaired) electrons. The van der Waals surface area contributed by atoms with E-state index in [1.807, 2.05) is 11.7 Å². The van der Waals surface area contributed by atoms with Crippen molar-refractivity contribution in [3.05, 3.63) is 5.82 Å². The van der Waals surface area contributed by atoms with Crippen molar-refractivity contribution in [2.45, 2.75) is 45.7 Å². The number of aromatic nitrogens is 4. The average molecular weight is 197 g/mol. The van der Waals surface area contributed by atoms with Crippen LogP contribution in [0.1, 0.15) is 39.4 Å². The molecule has 0 aliphatic heterocycles. The van der Waals surface area contributed by atoms with E-state index in [-0.39, 0.29) is 5.54 Å². The molecule has 0 aliphatic rings. The van der Waals surface area contributed by atoms with E-state index in [0.29, 0.717) is 6.54 Å². The molecule has 1 aromatic heterocycles. The molecule has 0 bridgehead atoms. The van der Waals surface area contributed by atoms with Crippen LogP contribution in [0.4, 0.5) is 0 Å².